The minimum Gasteiger partial charge on any atom is -0.391 e. The van der Waals surface area contributed by atoms with Gasteiger partial charge in [-0.1, -0.05) is 11.8 Å². The highest BCUT2D eigenvalue weighted by Crippen LogP contribution is 2.18. The van der Waals surface area contributed by atoms with Crippen LogP contribution in [0.3, 0.4) is 0 Å². The molecule has 2 amide bonds. The maximum Gasteiger partial charge on any atom is 0.269 e. The van der Waals surface area contributed by atoms with Crippen LogP contribution in [0, 0.1) is 23.7 Å². The highest BCUT2D eigenvalue weighted by molar-refractivity contribution is 5.92. The molecule has 1 aromatic heterocycles. The first-order valence-corrected chi connectivity index (χ1v) is 10.3. The van der Waals surface area contributed by atoms with Crippen molar-refractivity contribution in [3.05, 3.63) is 53.7 Å². The van der Waals surface area contributed by atoms with Gasteiger partial charge in [0.05, 0.1) is 19.3 Å². The van der Waals surface area contributed by atoms with Crippen LogP contribution in [0.25, 0.3) is 0 Å². The Morgan fingerprint density at radius 1 is 1.15 bits per heavy atom. The van der Waals surface area contributed by atoms with Gasteiger partial charge in [-0.25, -0.2) is 10.5 Å². The molecule has 3 rings (SSSR count). The maximum absolute atomic E-state index is 11.8. The number of ether oxygens (including phenoxy) is 1. The fourth-order valence-electron chi connectivity index (χ4n) is 3.29. The van der Waals surface area contributed by atoms with E-state index in [-0.39, 0.29) is 0 Å². The molecule has 2 heterocycles. The lowest BCUT2D eigenvalue weighted by Gasteiger charge is -2.28. The number of anilines is 2. The molecule has 2 atom stereocenters. The van der Waals surface area contributed by atoms with Gasteiger partial charge in [0.15, 0.2) is 0 Å². The number of nitrogens with zero attached hydrogens (tertiary/aromatic N) is 3. The van der Waals surface area contributed by atoms with Gasteiger partial charge in [0, 0.05) is 36.1 Å². The third kappa shape index (κ3) is 6.31. The Kier molecular flexibility index (Phi) is 8.39. The normalized spacial score (nSPS) is 14.6. The summed E-state index contributed by atoms with van der Waals surface area (Å²) in [6, 6.07) is 9.04. The number of carbonyl (C=O) groups is 2. The molecule has 1 saturated heterocycles. The number of nitrogens with one attached hydrogen (secondary N) is 1. The SMILES string of the molecule is C[C@@H](O)[C@@H](C(=O)NO)N(C=O)c1ccc(C#CC#Cc2ccc(N3CCOCC3)nc2)cc1. The third-order valence-electron chi connectivity index (χ3n) is 4.97. The van der Waals surface area contributed by atoms with Crippen molar-refractivity contribution in [2.45, 2.75) is 19.1 Å². The van der Waals surface area contributed by atoms with Gasteiger partial charge in [-0.2, -0.15) is 0 Å². The predicted octanol–water partition coefficient (Wildman–Crippen LogP) is 0.539. The summed E-state index contributed by atoms with van der Waals surface area (Å²) < 4.78 is 5.34. The van der Waals surface area contributed by atoms with Gasteiger partial charge in [-0.15, -0.1) is 0 Å². The van der Waals surface area contributed by atoms with Crippen molar-refractivity contribution in [3.8, 4) is 23.7 Å². The van der Waals surface area contributed by atoms with Crippen LogP contribution in [0.2, 0.25) is 0 Å². The van der Waals surface area contributed by atoms with Gasteiger partial charge < -0.3 is 14.7 Å². The molecule has 0 saturated carbocycles. The summed E-state index contributed by atoms with van der Waals surface area (Å²) in [4.78, 5) is 31.0. The Labute approximate surface area is 191 Å². The van der Waals surface area contributed by atoms with Crippen LogP contribution in [-0.2, 0) is 14.3 Å². The van der Waals surface area contributed by atoms with Crippen molar-refractivity contribution in [2.75, 3.05) is 36.1 Å². The van der Waals surface area contributed by atoms with E-state index in [0.717, 1.165) is 29.4 Å². The van der Waals surface area contributed by atoms with Gasteiger partial charge >= 0.3 is 0 Å². The fraction of sp³-hybridized carbons (Fsp3) is 0.292. The van der Waals surface area contributed by atoms with Gasteiger partial charge in [0.1, 0.15) is 11.9 Å². The third-order valence-corrected chi connectivity index (χ3v) is 4.97. The first-order chi connectivity index (χ1) is 16.0. The Hall–Kier alpha value is -3.89. The molecule has 9 heteroatoms. The maximum atomic E-state index is 11.8. The molecule has 1 fully saturated rings. The summed E-state index contributed by atoms with van der Waals surface area (Å²) in [5.74, 6) is 11.4. The average Bonchev–Trinajstić information content (AvgIpc) is 2.86. The number of aliphatic hydroxyl groups is 1. The number of carbonyl (C=O) groups excluding carboxylic acids is 2. The number of pyridine rings is 1. The van der Waals surface area contributed by atoms with E-state index < -0.39 is 18.1 Å². The lowest BCUT2D eigenvalue weighted by molar-refractivity contribution is -0.134. The van der Waals surface area contributed by atoms with Crippen molar-refractivity contribution in [1.29, 1.82) is 0 Å². The van der Waals surface area contributed by atoms with Crippen LogP contribution in [0.1, 0.15) is 18.1 Å². The van der Waals surface area contributed by atoms with Crippen LogP contribution in [-0.4, -0.2) is 66.1 Å². The molecule has 0 spiro atoms. The number of rotatable bonds is 6. The number of morpholine rings is 1. The minimum atomic E-state index is -1.28. The largest absolute Gasteiger partial charge is 0.391 e. The summed E-state index contributed by atoms with van der Waals surface area (Å²) in [6.07, 6.45) is 0.926. The van der Waals surface area contributed by atoms with Crippen LogP contribution in [0.4, 0.5) is 11.5 Å². The second kappa shape index (κ2) is 11.7. The molecule has 33 heavy (non-hydrogen) atoms. The van der Waals surface area contributed by atoms with Crippen molar-refractivity contribution < 1.29 is 24.6 Å². The summed E-state index contributed by atoms with van der Waals surface area (Å²) in [5.41, 5.74) is 3.23. The Balaban J connectivity index is 1.65. The van der Waals surface area contributed by atoms with Crippen molar-refractivity contribution >= 4 is 23.8 Å². The zero-order valence-electron chi connectivity index (χ0n) is 18.1. The highest BCUT2D eigenvalue weighted by atomic mass is 16.5. The van der Waals surface area contributed by atoms with E-state index in [1.807, 2.05) is 12.1 Å². The molecule has 3 N–H and O–H groups in total. The summed E-state index contributed by atoms with van der Waals surface area (Å²) in [7, 11) is 0. The zero-order valence-corrected chi connectivity index (χ0v) is 18.1. The standard InChI is InChI=1S/C24H24N4O5/c1-18(30)23(24(31)26-32)28(17-29)21-9-6-19(7-10-21)4-2-3-5-20-8-11-22(25-16-20)27-12-14-33-15-13-27/h6-11,16-18,23,30,32H,12-15H2,1H3,(H,26,31)/t18-,23+/m1/s1. The molecule has 0 bridgehead atoms. The van der Waals surface area contributed by atoms with Crippen LogP contribution >= 0.6 is 0 Å². The molecule has 9 nitrogen and oxygen atoms in total. The first-order valence-electron chi connectivity index (χ1n) is 10.3. The number of hydrogen-bond acceptors (Lipinski definition) is 7. The molecule has 1 aliphatic rings. The lowest BCUT2D eigenvalue weighted by atomic mass is 10.1. The molecule has 0 aliphatic carbocycles. The molecule has 2 aromatic rings. The Morgan fingerprint density at radius 3 is 2.33 bits per heavy atom. The fourth-order valence-corrected chi connectivity index (χ4v) is 3.29. The number of hydrogen-bond donors (Lipinski definition) is 3. The average molecular weight is 448 g/mol. The van der Waals surface area contributed by atoms with E-state index in [9.17, 15) is 14.7 Å². The van der Waals surface area contributed by atoms with Gasteiger partial charge in [0.2, 0.25) is 6.41 Å². The highest BCUT2D eigenvalue weighted by Gasteiger charge is 2.30. The van der Waals surface area contributed by atoms with Gasteiger partial charge in [-0.05, 0) is 55.2 Å². The summed E-state index contributed by atoms with van der Waals surface area (Å²) in [6.45, 7) is 4.39. The lowest BCUT2D eigenvalue weighted by Crippen LogP contribution is -2.51. The van der Waals surface area contributed by atoms with Crippen molar-refractivity contribution in [3.63, 3.8) is 0 Å². The van der Waals surface area contributed by atoms with E-state index in [1.54, 1.807) is 30.5 Å². The van der Waals surface area contributed by atoms with Crippen LogP contribution in [0.5, 0.6) is 0 Å². The Bertz CT molecular complexity index is 1070. The predicted molar refractivity (Wildman–Crippen MR) is 121 cm³/mol. The van der Waals surface area contributed by atoms with E-state index in [4.69, 9.17) is 9.94 Å². The molecule has 1 aliphatic heterocycles. The molecule has 0 unspecified atom stereocenters. The van der Waals surface area contributed by atoms with Gasteiger partial charge in [-0.3, -0.25) is 19.7 Å². The molecule has 170 valence electrons. The molecule has 1 aromatic carbocycles. The zero-order chi connectivity index (χ0) is 23.6. The second-order valence-electron chi connectivity index (χ2n) is 7.23. The minimum absolute atomic E-state index is 0.363. The van der Waals surface area contributed by atoms with Crippen molar-refractivity contribution in [2.24, 2.45) is 0 Å². The monoisotopic (exact) mass is 448 g/mol. The number of aliphatic hydroxyl groups excluding tert-OH is 1. The number of aromatic nitrogens is 1. The number of benzene rings is 1. The van der Waals surface area contributed by atoms with Gasteiger partial charge in [0.25, 0.3) is 5.91 Å². The Morgan fingerprint density at radius 2 is 1.79 bits per heavy atom. The van der Waals surface area contributed by atoms with Crippen LogP contribution < -0.4 is 15.3 Å². The summed E-state index contributed by atoms with van der Waals surface area (Å²) >= 11 is 0. The molecular formula is C24H24N4O5. The van der Waals surface area contributed by atoms with E-state index in [2.05, 4.69) is 33.6 Å². The number of amides is 2. The topological polar surface area (TPSA) is 115 Å². The quantitative estimate of drug-likeness (QED) is 0.256. The summed E-state index contributed by atoms with van der Waals surface area (Å²) in [5, 5.41) is 18.7. The molecule has 0 radical (unpaired) electrons. The smallest absolute Gasteiger partial charge is 0.269 e. The van der Waals surface area contributed by atoms with E-state index in [1.165, 1.54) is 12.4 Å². The van der Waals surface area contributed by atoms with Crippen LogP contribution in [0.15, 0.2) is 42.6 Å². The number of hydroxylamine groups is 1. The van der Waals surface area contributed by atoms with E-state index >= 15 is 0 Å². The van der Waals surface area contributed by atoms with E-state index in [0.29, 0.717) is 30.9 Å². The van der Waals surface area contributed by atoms with Crippen molar-refractivity contribution in [1.82, 2.24) is 10.5 Å². The second-order valence-corrected chi connectivity index (χ2v) is 7.23. The molecular weight excluding hydrogens is 424 g/mol. The first kappa shape index (κ1) is 23.8.